The number of amides is 1. The quantitative estimate of drug-likeness (QED) is 0.859. The first kappa shape index (κ1) is 18.6. The minimum absolute atomic E-state index is 0.0599. The Balaban J connectivity index is 1.60. The number of fused-ring (bicyclic) bond motifs is 1. The molecular weight excluding hydrogens is 350 g/mol. The van der Waals surface area contributed by atoms with Gasteiger partial charge in [-0.05, 0) is 44.0 Å². The lowest BCUT2D eigenvalue weighted by molar-refractivity contribution is -0.132. The Labute approximate surface area is 166 Å². The number of aryl methyl sites for hydroxylation is 1. The normalized spacial score (nSPS) is 24.2. The van der Waals surface area contributed by atoms with Gasteiger partial charge in [0.2, 0.25) is 0 Å². The predicted molar refractivity (Wildman–Crippen MR) is 110 cm³/mol. The van der Waals surface area contributed by atoms with Crippen molar-refractivity contribution in [3.63, 3.8) is 0 Å². The van der Waals surface area contributed by atoms with Crippen LogP contribution in [0, 0.1) is 6.92 Å². The van der Waals surface area contributed by atoms with E-state index >= 15 is 0 Å². The van der Waals surface area contributed by atoms with Crippen LogP contribution in [0.1, 0.15) is 36.5 Å². The first-order valence-corrected chi connectivity index (χ1v) is 9.73. The molecular formula is C23H27N3O2. The highest BCUT2D eigenvalue weighted by atomic mass is 16.5. The van der Waals surface area contributed by atoms with E-state index in [9.17, 15) is 4.79 Å². The number of nitrogens with zero attached hydrogens (tertiary/aromatic N) is 1. The van der Waals surface area contributed by atoms with Gasteiger partial charge in [-0.3, -0.25) is 9.80 Å². The Morgan fingerprint density at radius 2 is 1.71 bits per heavy atom. The molecule has 1 saturated heterocycles. The van der Waals surface area contributed by atoms with Crippen LogP contribution >= 0.6 is 0 Å². The summed E-state index contributed by atoms with van der Waals surface area (Å²) in [6.45, 7) is 6.20. The number of carbonyl (C=O) groups is 1. The molecule has 0 spiro atoms. The molecule has 1 fully saturated rings. The smallest absolute Gasteiger partial charge is 0.267 e. The molecule has 2 aromatic carbocycles. The van der Waals surface area contributed by atoms with E-state index in [1.54, 1.807) is 12.1 Å². The van der Waals surface area contributed by atoms with Crippen molar-refractivity contribution in [2.24, 2.45) is 0 Å². The second-order valence-corrected chi connectivity index (χ2v) is 7.75. The first-order valence-electron chi connectivity index (χ1n) is 9.73. The van der Waals surface area contributed by atoms with Gasteiger partial charge in [-0.2, -0.15) is 0 Å². The van der Waals surface area contributed by atoms with Crippen molar-refractivity contribution in [2.45, 2.75) is 45.3 Å². The van der Waals surface area contributed by atoms with Crippen LogP contribution in [0.3, 0.4) is 0 Å². The maximum Gasteiger partial charge on any atom is 0.267 e. The molecule has 4 rings (SSSR count). The zero-order valence-electron chi connectivity index (χ0n) is 16.8. The highest BCUT2D eigenvalue weighted by molar-refractivity contribution is 5.95. The number of allylic oxidation sites excluding steroid dienone is 1. The highest BCUT2D eigenvalue weighted by Crippen LogP contribution is 2.35. The molecule has 2 aromatic rings. The molecule has 0 bridgehead atoms. The maximum atomic E-state index is 13.3. The van der Waals surface area contributed by atoms with Crippen LogP contribution in [0.5, 0.6) is 5.75 Å². The van der Waals surface area contributed by atoms with Gasteiger partial charge in [-0.15, -0.1) is 0 Å². The molecule has 1 amide bonds. The van der Waals surface area contributed by atoms with Gasteiger partial charge in [0.25, 0.3) is 5.91 Å². The molecule has 5 heteroatoms. The van der Waals surface area contributed by atoms with E-state index in [0.29, 0.717) is 6.42 Å². The average molecular weight is 377 g/mol. The molecule has 146 valence electrons. The SMILES string of the molecule is COc1ccc(C2C(C)NN3C(=O)C(Cc4ccc(C)cc4)=C(C)NC23)cc1. The third-order valence-corrected chi connectivity index (χ3v) is 5.80. The highest BCUT2D eigenvalue weighted by Gasteiger charge is 2.46. The summed E-state index contributed by atoms with van der Waals surface area (Å²) in [5.41, 5.74) is 8.71. The number of hydrogen-bond acceptors (Lipinski definition) is 4. The van der Waals surface area contributed by atoms with Crippen LogP contribution in [0.4, 0.5) is 0 Å². The fourth-order valence-electron chi connectivity index (χ4n) is 4.18. The summed E-state index contributed by atoms with van der Waals surface area (Å²) in [4.78, 5) is 13.3. The van der Waals surface area contributed by atoms with E-state index in [2.05, 4.69) is 61.0 Å². The van der Waals surface area contributed by atoms with Gasteiger partial charge < -0.3 is 10.1 Å². The van der Waals surface area contributed by atoms with Crippen LogP contribution in [-0.2, 0) is 11.2 Å². The second-order valence-electron chi connectivity index (χ2n) is 7.75. The number of hydrazine groups is 1. The van der Waals surface area contributed by atoms with Crippen molar-refractivity contribution in [1.82, 2.24) is 15.8 Å². The van der Waals surface area contributed by atoms with Gasteiger partial charge in [0.15, 0.2) is 0 Å². The van der Waals surface area contributed by atoms with Gasteiger partial charge in [0.1, 0.15) is 11.9 Å². The Kier molecular flexibility index (Phi) is 4.85. The van der Waals surface area contributed by atoms with Crippen molar-refractivity contribution in [3.8, 4) is 5.75 Å². The minimum Gasteiger partial charge on any atom is -0.497 e. The van der Waals surface area contributed by atoms with E-state index < -0.39 is 0 Å². The number of benzene rings is 2. The second kappa shape index (κ2) is 7.32. The number of methoxy groups -OCH3 is 1. The summed E-state index contributed by atoms with van der Waals surface area (Å²) in [7, 11) is 1.67. The lowest BCUT2D eigenvalue weighted by Gasteiger charge is -2.35. The lowest BCUT2D eigenvalue weighted by Crippen LogP contribution is -2.54. The van der Waals surface area contributed by atoms with E-state index in [-0.39, 0.29) is 24.0 Å². The summed E-state index contributed by atoms with van der Waals surface area (Å²) >= 11 is 0. The number of rotatable bonds is 4. The summed E-state index contributed by atoms with van der Waals surface area (Å²) in [5.74, 6) is 1.05. The molecule has 2 aliphatic heterocycles. The van der Waals surface area contributed by atoms with E-state index in [4.69, 9.17) is 4.74 Å². The first-order chi connectivity index (χ1) is 13.5. The summed E-state index contributed by atoms with van der Waals surface area (Å²) in [6.07, 6.45) is 0.530. The number of carbonyl (C=O) groups excluding carboxylic acids is 1. The maximum absolute atomic E-state index is 13.3. The van der Waals surface area contributed by atoms with E-state index in [0.717, 1.165) is 22.6 Å². The summed E-state index contributed by atoms with van der Waals surface area (Å²) < 4.78 is 5.27. The standard InChI is InChI=1S/C23H27N3O2/c1-14-5-7-17(8-6-14)13-20-15(2)24-22-21(16(3)25-26(22)23(20)27)18-9-11-19(28-4)12-10-18/h5-12,16,21-22,24-25H,13H2,1-4H3. The molecule has 0 aliphatic carbocycles. The molecule has 3 atom stereocenters. The molecule has 5 nitrogen and oxygen atoms in total. The van der Waals surface area contributed by atoms with Crippen molar-refractivity contribution in [3.05, 3.63) is 76.5 Å². The fraction of sp³-hybridized carbons (Fsp3) is 0.348. The molecule has 2 aliphatic rings. The van der Waals surface area contributed by atoms with Crippen molar-refractivity contribution >= 4 is 5.91 Å². The zero-order valence-corrected chi connectivity index (χ0v) is 16.8. The minimum atomic E-state index is -0.0994. The van der Waals surface area contributed by atoms with Gasteiger partial charge in [-0.25, -0.2) is 5.43 Å². The summed E-state index contributed by atoms with van der Waals surface area (Å²) in [6, 6.07) is 16.6. The van der Waals surface area contributed by atoms with Gasteiger partial charge in [-0.1, -0.05) is 42.0 Å². The lowest BCUT2D eigenvalue weighted by atomic mass is 9.89. The Morgan fingerprint density at radius 1 is 1.04 bits per heavy atom. The van der Waals surface area contributed by atoms with Crippen LogP contribution in [0.2, 0.25) is 0 Å². The topological polar surface area (TPSA) is 53.6 Å². The largest absolute Gasteiger partial charge is 0.497 e. The van der Waals surface area contributed by atoms with Crippen molar-refractivity contribution < 1.29 is 9.53 Å². The van der Waals surface area contributed by atoms with Gasteiger partial charge >= 0.3 is 0 Å². The molecule has 0 saturated carbocycles. The van der Waals surface area contributed by atoms with E-state index in [1.165, 1.54) is 11.1 Å². The molecule has 0 aromatic heterocycles. The molecule has 0 radical (unpaired) electrons. The third-order valence-electron chi connectivity index (χ3n) is 5.80. The van der Waals surface area contributed by atoms with Crippen LogP contribution in [0.25, 0.3) is 0 Å². The van der Waals surface area contributed by atoms with Gasteiger partial charge in [0.05, 0.1) is 7.11 Å². The number of ether oxygens (including phenoxy) is 1. The number of hydrogen-bond donors (Lipinski definition) is 2. The molecule has 2 heterocycles. The third kappa shape index (κ3) is 3.27. The monoisotopic (exact) mass is 377 g/mol. The van der Waals surface area contributed by atoms with E-state index in [1.807, 2.05) is 19.1 Å². The Bertz CT molecular complexity index is 902. The van der Waals surface area contributed by atoms with Crippen LogP contribution < -0.4 is 15.5 Å². The molecule has 28 heavy (non-hydrogen) atoms. The predicted octanol–water partition coefficient (Wildman–Crippen LogP) is 3.27. The Morgan fingerprint density at radius 3 is 2.36 bits per heavy atom. The van der Waals surface area contributed by atoms with Gasteiger partial charge in [0, 0.05) is 29.7 Å². The Hall–Kier alpha value is -2.79. The van der Waals surface area contributed by atoms with Crippen molar-refractivity contribution in [2.75, 3.05) is 7.11 Å². The summed E-state index contributed by atoms with van der Waals surface area (Å²) in [5, 5.41) is 5.36. The average Bonchev–Trinajstić information content (AvgIpc) is 3.02. The van der Waals surface area contributed by atoms with Crippen LogP contribution in [-0.4, -0.2) is 30.2 Å². The molecule has 2 N–H and O–H groups in total. The van der Waals surface area contributed by atoms with Crippen molar-refractivity contribution in [1.29, 1.82) is 0 Å². The fourth-order valence-corrected chi connectivity index (χ4v) is 4.18. The molecule has 3 unspecified atom stereocenters. The number of nitrogens with one attached hydrogen (secondary N) is 2. The zero-order chi connectivity index (χ0) is 19.8. The van der Waals surface area contributed by atoms with Crippen LogP contribution in [0.15, 0.2) is 59.8 Å².